The van der Waals surface area contributed by atoms with E-state index < -0.39 is 0 Å². The maximum atomic E-state index is 12.8. The first kappa shape index (κ1) is 20.8. The number of unbranched alkanes of at least 4 members (excludes halogenated alkanes) is 1. The number of nitrogens with one attached hydrogen (secondary N) is 1. The van der Waals surface area contributed by atoms with Crippen LogP contribution in [0.4, 0.5) is 9.18 Å². The Morgan fingerprint density at radius 3 is 2.44 bits per heavy atom. The number of halogens is 1. The van der Waals surface area contributed by atoms with E-state index >= 15 is 0 Å². The molecule has 1 aromatic carbocycles. The Bertz CT molecular complexity index is 601. The summed E-state index contributed by atoms with van der Waals surface area (Å²) in [7, 11) is 1.76. The largest absolute Gasteiger partial charge is 0.494 e. The Labute approximate surface area is 160 Å². The molecule has 8 heteroatoms. The van der Waals surface area contributed by atoms with Crippen LogP contribution in [-0.4, -0.2) is 74.8 Å². The average molecular weight is 380 g/mol. The molecule has 0 unspecified atom stereocenters. The third-order valence-electron chi connectivity index (χ3n) is 4.25. The molecular weight excluding hydrogens is 351 g/mol. The van der Waals surface area contributed by atoms with Crippen molar-refractivity contribution in [3.8, 4) is 5.75 Å². The van der Waals surface area contributed by atoms with Gasteiger partial charge in [0.2, 0.25) is 0 Å². The van der Waals surface area contributed by atoms with Gasteiger partial charge in [-0.15, -0.1) is 0 Å². The zero-order valence-corrected chi connectivity index (χ0v) is 16.1. The Kier molecular flexibility index (Phi) is 8.67. The van der Waals surface area contributed by atoms with Crippen LogP contribution < -0.4 is 10.1 Å². The fourth-order valence-electron chi connectivity index (χ4n) is 2.80. The molecule has 0 radical (unpaired) electrons. The summed E-state index contributed by atoms with van der Waals surface area (Å²) in [5.41, 5.74) is 0. The third-order valence-corrected chi connectivity index (χ3v) is 4.25. The van der Waals surface area contributed by atoms with E-state index in [0.29, 0.717) is 32.1 Å². The van der Waals surface area contributed by atoms with Gasteiger partial charge in [-0.2, -0.15) is 0 Å². The smallest absolute Gasteiger partial charge is 0.409 e. The number of rotatable bonds is 7. The predicted molar refractivity (Wildman–Crippen MR) is 103 cm³/mol. The fourth-order valence-corrected chi connectivity index (χ4v) is 2.80. The summed E-state index contributed by atoms with van der Waals surface area (Å²) in [5, 5.41) is 3.35. The molecule has 0 atom stereocenters. The molecule has 0 bridgehead atoms. The lowest BCUT2D eigenvalue weighted by atomic mass is 10.3. The molecular formula is C19H29FN4O3. The molecule has 0 aliphatic carbocycles. The number of amides is 1. The molecule has 1 heterocycles. The quantitative estimate of drug-likeness (QED) is 0.447. The van der Waals surface area contributed by atoms with Gasteiger partial charge in [-0.3, -0.25) is 4.99 Å². The molecule has 7 nitrogen and oxygen atoms in total. The summed E-state index contributed by atoms with van der Waals surface area (Å²) in [5.74, 6) is 1.26. The van der Waals surface area contributed by atoms with Crippen LogP contribution in [0.15, 0.2) is 29.3 Å². The zero-order valence-electron chi connectivity index (χ0n) is 16.1. The maximum absolute atomic E-state index is 12.8. The first-order valence-electron chi connectivity index (χ1n) is 9.39. The number of nitrogens with zero attached hydrogens (tertiary/aromatic N) is 3. The fraction of sp³-hybridized carbons (Fsp3) is 0.579. The van der Waals surface area contributed by atoms with Crippen LogP contribution in [0.25, 0.3) is 0 Å². The van der Waals surface area contributed by atoms with Crippen molar-refractivity contribution in [3.05, 3.63) is 30.1 Å². The molecule has 1 N–H and O–H groups in total. The standard InChI is InChI=1S/C19H29FN4O3/c1-3-26-19(25)24-13-11-23(12-14-24)18(21-2)22-10-4-5-15-27-17-8-6-16(20)7-9-17/h6-9H,3-5,10-15H2,1-2H3,(H,21,22). The first-order chi connectivity index (χ1) is 13.1. The van der Waals surface area contributed by atoms with Gasteiger partial charge in [0, 0.05) is 39.8 Å². The number of hydrogen-bond acceptors (Lipinski definition) is 4. The highest BCUT2D eigenvalue weighted by molar-refractivity contribution is 5.80. The van der Waals surface area contributed by atoms with Crippen LogP contribution >= 0.6 is 0 Å². The van der Waals surface area contributed by atoms with Gasteiger partial charge < -0.3 is 24.6 Å². The molecule has 1 amide bonds. The lowest BCUT2D eigenvalue weighted by Gasteiger charge is -2.35. The molecule has 1 fully saturated rings. The molecule has 0 saturated carbocycles. The minimum atomic E-state index is -0.263. The number of piperazine rings is 1. The van der Waals surface area contributed by atoms with Crippen molar-refractivity contribution in [1.29, 1.82) is 0 Å². The van der Waals surface area contributed by atoms with Crippen molar-refractivity contribution in [2.45, 2.75) is 19.8 Å². The van der Waals surface area contributed by atoms with Gasteiger partial charge in [0.25, 0.3) is 0 Å². The lowest BCUT2D eigenvalue weighted by Crippen LogP contribution is -2.54. The van der Waals surface area contributed by atoms with Crippen molar-refractivity contribution >= 4 is 12.1 Å². The zero-order chi connectivity index (χ0) is 19.5. The summed E-state index contributed by atoms with van der Waals surface area (Å²) < 4.78 is 23.4. The second-order valence-electron chi connectivity index (χ2n) is 6.16. The van der Waals surface area contributed by atoms with E-state index in [0.717, 1.165) is 38.4 Å². The van der Waals surface area contributed by atoms with E-state index in [1.54, 1.807) is 24.1 Å². The van der Waals surface area contributed by atoms with E-state index in [4.69, 9.17) is 9.47 Å². The molecule has 0 spiro atoms. The van der Waals surface area contributed by atoms with Crippen molar-refractivity contribution in [2.75, 3.05) is 53.0 Å². The number of aliphatic imine (C=N–C) groups is 1. The monoisotopic (exact) mass is 380 g/mol. The van der Waals surface area contributed by atoms with Crippen LogP contribution in [0.3, 0.4) is 0 Å². The Balaban J connectivity index is 1.60. The number of hydrogen-bond donors (Lipinski definition) is 1. The lowest BCUT2D eigenvalue weighted by molar-refractivity contribution is 0.0914. The minimum absolute atomic E-state index is 0.249. The molecule has 1 aliphatic rings. The van der Waals surface area contributed by atoms with Crippen LogP contribution in [-0.2, 0) is 4.74 Å². The van der Waals surface area contributed by atoms with Crippen LogP contribution in [0, 0.1) is 5.82 Å². The van der Waals surface area contributed by atoms with Gasteiger partial charge in [0.15, 0.2) is 5.96 Å². The molecule has 27 heavy (non-hydrogen) atoms. The van der Waals surface area contributed by atoms with Crippen LogP contribution in [0.5, 0.6) is 5.75 Å². The highest BCUT2D eigenvalue weighted by atomic mass is 19.1. The topological polar surface area (TPSA) is 66.4 Å². The second-order valence-corrected chi connectivity index (χ2v) is 6.16. The predicted octanol–water partition coefficient (Wildman–Crippen LogP) is 2.33. The summed E-state index contributed by atoms with van der Waals surface area (Å²) in [4.78, 5) is 19.9. The van der Waals surface area contributed by atoms with Gasteiger partial charge >= 0.3 is 6.09 Å². The van der Waals surface area contributed by atoms with E-state index in [1.807, 2.05) is 6.92 Å². The summed E-state index contributed by atoms with van der Waals surface area (Å²) >= 11 is 0. The normalized spacial score (nSPS) is 14.9. The van der Waals surface area contributed by atoms with Crippen molar-refractivity contribution in [3.63, 3.8) is 0 Å². The van der Waals surface area contributed by atoms with Gasteiger partial charge in [-0.1, -0.05) is 0 Å². The van der Waals surface area contributed by atoms with Crippen molar-refractivity contribution in [1.82, 2.24) is 15.1 Å². The van der Waals surface area contributed by atoms with Gasteiger partial charge in [-0.25, -0.2) is 9.18 Å². The van der Waals surface area contributed by atoms with E-state index in [1.165, 1.54) is 12.1 Å². The Morgan fingerprint density at radius 1 is 1.15 bits per heavy atom. The molecule has 0 aromatic heterocycles. The number of carbonyl (C=O) groups excluding carboxylic acids is 1. The summed E-state index contributed by atoms with van der Waals surface area (Å²) in [6.07, 6.45) is 1.57. The number of ether oxygens (including phenoxy) is 2. The molecule has 1 aromatic rings. The maximum Gasteiger partial charge on any atom is 0.409 e. The van der Waals surface area contributed by atoms with Crippen LogP contribution in [0.2, 0.25) is 0 Å². The van der Waals surface area contributed by atoms with Crippen LogP contribution in [0.1, 0.15) is 19.8 Å². The van der Waals surface area contributed by atoms with E-state index in [-0.39, 0.29) is 11.9 Å². The highest BCUT2D eigenvalue weighted by Crippen LogP contribution is 2.11. The first-order valence-corrected chi connectivity index (χ1v) is 9.39. The number of guanidine groups is 1. The molecule has 2 rings (SSSR count). The average Bonchev–Trinajstić information content (AvgIpc) is 2.69. The molecule has 150 valence electrons. The Morgan fingerprint density at radius 2 is 1.81 bits per heavy atom. The van der Waals surface area contributed by atoms with E-state index in [2.05, 4.69) is 15.2 Å². The molecule has 1 saturated heterocycles. The highest BCUT2D eigenvalue weighted by Gasteiger charge is 2.23. The summed E-state index contributed by atoms with van der Waals surface area (Å²) in [6, 6.07) is 6.04. The SMILES string of the molecule is CCOC(=O)N1CCN(C(=NC)NCCCCOc2ccc(F)cc2)CC1. The Hall–Kier alpha value is -2.51. The van der Waals surface area contributed by atoms with Crippen molar-refractivity contribution in [2.24, 2.45) is 4.99 Å². The third kappa shape index (κ3) is 6.96. The minimum Gasteiger partial charge on any atom is -0.494 e. The van der Waals surface area contributed by atoms with E-state index in [9.17, 15) is 9.18 Å². The number of carbonyl (C=O) groups is 1. The molecule has 1 aliphatic heterocycles. The van der Waals surface area contributed by atoms with Crippen molar-refractivity contribution < 1.29 is 18.7 Å². The second kappa shape index (κ2) is 11.3. The number of benzene rings is 1. The van der Waals surface area contributed by atoms with Gasteiger partial charge in [-0.05, 0) is 44.0 Å². The van der Waals surface area contributed by atoms with Gasteiger partial charge in [0.05, 0.1) is 13.2 Å². The summed E-state index contributed by atoms with van der Waals surface area (Å²) in [6.45, 7) is 6.30. The van der Waals surface area contributed by atoms with Gasteiger partial charge in [0.1, 0.15) is 11.6 Å².